The molecule has 0 aliphatic carbocycles. The van der Waals surface area contributed by atoms with Crippen LogP contribution in [0.5, 0.6) is 0 Å². The molecule has 0 bridgehead atoms. The van der Waals surface area contributed by atoms with Crippen LogP contribution in [0.4, 0.5) is 0 Å². The SMILES string of the molecule is NC(CCS(=O)(=O)NC1CCOCC1)C(=O)O. The van der Waals surface area contributed by atoms with Crippen LogP contribution in [0.2, 0.25) is 0 Å². The standard InChI is InChI=1S/C9H18N2O5S/c10-8(9(12)13)3-6-17(14,15)11-7-1-4-16-5-2-7/h7-8,11H,1-6,10H2,(H,12,13). The first-order valence-electron chi connectivity index (χ1n) is 5.47. The molecule has 0 aromatic rings. The van der Waals surface area contributed by atoms with Crippen molar-refractivity contribution in [2.24, 2.45) is 5.73 Å². The molecule has 0 aromatic heterocycles. The van der Waals surface area contributed by atoms with Crippen LogP contribution in [0.25, 0.3) is 0 Å². The van der Waals surface area contributed by atoms with E-state index in [1.807, 2.05) is 0 Å². The molecule has 7 nitrogen and oxygen atoms in total. The highest BCUT2D eigenvalue weighted by Crippen LogP contribution is 2.08. The summed E-state index contributed by atoms with van der Waals surface area (Å²) >= 11 is 0. The summed E-state index contributed by atoms with van der Waals surface area (Å²) in [6.07, 6.45) is 1.20. The third-order valence-corrected chi connectivity index (χ3v) is 4.05. The quantitative estimate of drug-likeness (QED) is 0.560. The van der Waals surface area contributed by atoms with E-state index in [1.165, 1.54) is 0 Å². The van der Waals surface area contributed by atoms with E-state index >= 15 is 0 Å². The van der Waals surface area contributed by atoms with Crippen molar-refractivity contribution in [1.29, 1.82) is 0 Å². The minimum absolute atomic E-state index is 0.0894. The number of carboxylic acids is 1. The second-order valence-corrected chi connectivity index (χ2v) is 5.93. The van der Waals surface area contributed by atoms with Crippen molar-refractivity contribution in [3.63, 3.8) is 0 Å². The summed E-state index contributed by atoms with van der Waals surface area (Å²) < 4.78 is 30.9. The second kappa shape index (κ2) is 6.29. The molecule has 0 aromatic carbocycles. The fourth-order valence-corrected chi connectivity index (χ4v) is 2.96. The van der Waals surface area contributed by atoms with Gasteiger partial charge in [0.2, 0.25) is 10.0 Å². The molecule has 1 fully saturated rings. The van der Waals surface area contributed by atoms with Gasteiger partial charge in [0.1, 0.15) is 6.04 Å². The largest absolute Gasteiger partial charge is 0.480 e. The first-order valence-corrected chi connectivity index (χ1v) is 7.12. The van der Waals surface area contributed by atoms with Crippen LogP contribution >= 0.6 is 0 Å². The summed E-state index contributed by atoms with van der Waals surface area (Å²) in [7, 11) is -3.46. The van der Waals surface area contributed by atoms with Crippen LogP contribution in [0, 0.1) is 0 Å². The fourth-order valence-electron chi connectivity index (χ4n) is 1.53. The number of nitrogens with one attached hydrogen (secondary N) is 1. The molecule has 0 amide bonds. The number of carboxylic acid groups (broad SMARTS) is 1. The lowest BCUT2D eigenvalue weighted by atomic mass is 10.1. The fraction of sp³-hybridized carbons (Fsp3) is 0.889. The number of aliphatic carboxylic acids is 1. The molecular formula is C9H18N2O5S. The van der Waals surface area contributed by atoms with Crippen molar-refractivity contribution >= 4 is 16.0 Å². The molecule has 0 spiro atoms. The maximum Gasteiger partial charge on any atom is 0.320 e. The summed E-state index contributed by atoms with van der Waals surface area (Å²) in [6, 6.07) is -1.25. The zero-order valence-corrected chi connectivity index (χ0v) is 10.3. The van der Waals surface area contributed by atoms with Crippen LogP contribution in [0.3, 0.4) is 0 Å². The Bertz CT molecular complexity index is 350. The van der Waals surface area contributed by atoms with Crippen molar-refractivity contribution in [1.82, 2.24) is 4.72 Å². The van der Waals surface area contributed by atoms with Crippen molar-refractivity contribution < 1.29 is 23.1 Å². The van der Waals surface area contributed by atoms with Crippen molar-refractivity contribution in [3.8, 4) is 0 Å². The molecule has 0 saturated carbocycles. The first kappa shape index (κ1) is 14.4. The van der Waals surface area contributed by atoms with Gasteiger partial charge >= 0.3 is 5.97 Å². The Kier molecular flexibility index (Phi) is 5.31. The lowest BCUT2D eigenvalue weighted by molar-refractivity contribution is -0.138. The maximum atomic E-state index is 11.6. The highest BCUT2D eigenvalue weighted by molar-refractivity contribution is 7.89. The van der Waals surface area contributed by atoms with Crippen LogP contribution in [-0.2, 0) is 19.6 Å². The Morgan fingerprint density at radius 1 is 1.47 bits per heavy atom. The van der Waals surface area contributed by atoms with Gasteiger partial charge in [-0.2, -0.15) is 0 Å². The molecule has 17 heavy (non-hydrogen) atoms. The number of ether oxygens (including phenoxy) is 1. The zero-order chi connectivity index (χ0) is 12.9. The average molecular weight is 266 g/mol. The van der Waals surface area contributed by atoms with Gasteiger partial charge in [-0.25, -0.2) is 13.1 Å². The van der Waals surface area contributed by atoms with E-state index in [1.54, 1.807) is 0 Å². The molecule has 1 heterocycles. The normalized spacial score (nSPS) is 20.1. The Morgan fingerprint density at radius 2 is 2.06 bits per heavy atom. The molecule has 1 rings (SSSR count). The molecule has 1 aliphatic rings. The highest BCUT2D eigenvalue weighted by Gasteiger charge is 2.22. The van der Waals surface area contributed by atoms with Gasteiger partial charge in [-0.3, -0.25) is 4.79 Å². The lowest BCUT2D eigenvalue weighted by Gasteiger charge is -2.23. The van der Waals surface area contributed by atoms with Crippen LogP contribution in [0.1, 0.15) is 19.3 Å². The van der Waals surface area contributed by atoms with Crippen LogP contribution in [-0.4, -0.2) is 50.5 Å². The zero-order valence-electron chi connectivity index (χ0n) is 9.46. The van der Waals surface area contributed by atoms with Gasteiger partial charge < -0.3 is 15.6 Å². The average Bonchev–Trinajstić information content (AvgIpc) is 2.26. The molecule has 1 saturated heterocycles. The Balaban J connectivity index is 2.37. The van der Waals surface area contributed by atoms with Crippen molar-refractivity contribution in [2.75, 3.05) is 19.0 Å². The Hall–Kier alpha value is -0.700. The summed E-state index contributed by atoms with van der Waals surface area (Å²) in [5.74, 6) is -1.45. The minimum Gasteiger partial charge on any atom is -0.480 e. The minimum atomic E-state index is -3.46. The number of carbonyl (C=O) groups is 1. The van der Waals surface area contributed by atoms with E-state index in [0.717, 1.165) is 0 Å². The summed E-state index contributed by atoms with van der Waals surface area (Å²) in [5.41, 5.74) is 5.25. The Labute approximate surface area is 100 Å². The molecule has 0 radical (unpaired) electrons. The monoisotopic (exact) mass is 266 g/mol. The van der Waals surface area contributed by atoms with Gasteiger partial charge in [0, 0.05) is 19.3 Å². The predicted molar refractivity (Wildman–Crippen MR) is 61.0 cm³/mol. The Morgan fingerprint density at radius 3 is 2.59 bits per heavy atom. The third kappa shape index (κ3) is 5.44. The van der Waals surface area contributed by atoms with E-state index in [4.69, 9.17) is 15.6 Å². The van der Waals surface area contributed by atoms with Gasteiger partial charge in [0.25, 0.3) is 0 Å². The molecule has 1 aliphatic heterocycles. The smallest absolute Gasteiger partial charge is 0.320 e. The molecule has 4 N–H and O–H groups in total. The van der Waals surface area contributed by atoms with Crippen LogP contribution < -0.4 is 10.5 Å². The molecule has 1 atom stereocenters. The maximum absolute atomic E-state index is 11.6. The van der Waals surface area contributed by atoms with Gasteiger partial charge in [0.05, 0.1) is 5.75 Å². The molecule has 100 valence electrons. The number of hydrogen-bond acceptors (Lipinski definition) is 5. The van der Waals surface area contributed by atoms with E-state index in [9.17, 15) is 13.2 Å². The molecule has 8 heteroatoms. The predicted octanol–water partition coefficient (Wildman–Crippen LogP) is -1.11. The molecule has 1 unspecified atom stereocenters. The number of hydrogen-bond donors (Lipinski definition) is 3. The van der Waals surface area contributed by atoms with Gasteiger partial charge in [-0.15, -0.1) is 0 Å². The van der Waals surface area contributed by atoms with Crippen molar-refractivity contribution in [3.05, 3.63) is 0 Å². The number of nitrogens with two attached hydrogens (primary N) is 1. The van der Waals surface area contributed by atoms with E-state index < -0.39 is 22.0 Å². The van der Waals surface area contributed by atoms with E-state index in [-0.39, 0.29) is 18.2 Å². The number of sulfonamides is 1. The van der Waals surface area contributed by atoms with E-state index in [2.05, 4.69) is 4.72 Å². The summed E-state index contributed by atoms with van der Waals surface area (Å²) in [6.45, 7) is 1.09. The number of rotatable bonds is 6. The van der Waals surface area contributed by atoms with Gasteiger partial charge in [-0.1, -0.05) is 0 Å². The molecular weight excluding hydrogens is 248 g/mol. The summed E-state index contributed by atoms with van der Waals surface area (Å²) in [4.78, 5) is 10.4. The second-order valence-electron chi connectivity index (χ2n) is 4.06. The van der Waals surface area contributed by atoms with Gasteiger partial charge in [-0.05, 0) is 19.3 Å². The summed E-state index contributed by atoms with van der Waals surface area (Å²) in [5, 5.41) is 8.54. The van der Waals surface area contributed by atoms with Crippen LogP contribution in [0.15, 0.2) is 0 Å². The van der Waals surface area contributed by atoms with Crippen molar-refractivity contribution in [2.45, 2.75) is 31.3 Å². The first-order chi connectivity index (χ1) is 7.91. The lowest BCUT2D eigenvalue weighted by Crippen LogP contribution is -2.41. The van der Waals surface area contributed by atoms with E-state index in [0.29, 0.717) is 26.1 Å². The highest BCUT2D eigenvalue weighted by atomic mass is 32.2. The topological polar surface area (TPSA) is 119 Å². The third-order valence-electron chi connectivity index (χ3n) is 2.58. The van der Waals surface area contributed by atoms with Gasteiger partial charge in [0.15, 0.2) is 0 Å².